The summed E-state index contributed by atoms with van der Waals surface area (Å²) in [6.07, 6.45) is 0. The number of morpholine rings is 1. The first-order valence-electron chi connectivity index (χ1n) is 7.65. The Labute approximate surface area is 148 Å². The number of carbonyl (C=O) groups excluding carboxylic acids is 3. The Kier molecular flexibility index (Phi) is 5.11. The van der Waals surface area contributed by atoms with Crippen LogP contribution in [0.25, 0.3) is 0 Å². The maximum Gasteiger partial charge on any atom is 0.250 e. The van der Waals surface area contributed by atoms with E-state index in [4.69, 9.17) is 10.5 Å². The van der Waals surface area contributed by atoms with Crippen molar-refractivity contribution in [2.75, 3.05) is 18.5 Å². The second-order valence-corrected chi connectivity index (χ2v) is 6.56. The summed E-state index contributed by atoms with van der Waals surface area (Å²) in [7, 11) is 0. The molecule has 1 saturated heterocycles. The molecule has 0 saturated carbocycles. The number of hydrogen-bond acceptors (Lipinski definition) is 5. The average molecular weight is 359 g/mol. The third-order valence-corrected chi connectivity index (χ3v) is 4.72. The predicted molar refractivity (Wildman–Crippen MR) is 93.1 cm³/mol. The first-order valence-corrected chi connectivity index (χ1v) is 8.53. The summed E-state index contributed by atoms with van der Waals surface area (Å²) in [6.45, 7) is 0.393. The zero-order valence-electron chi connectivity index (χ0n) is 13.3. The number of carbonyl (C=O) groups is 3. The first kappa shape index (κ1) is 17.1. The molecule has 1 atom stereocenters. The van der Waals surface area contributed by atoms with Crippen molar-refractivity contribution in [3.05, 3.63) is 52.2 Å². The number of anilines is 1. The van der Waals surface area contributed by atoms with Crippen molar-refractivity contribution in [2.45, 2.75) is 12.6 Å². The number of hydrogen-bond donors (Lipinski definition) is 2. The Balaban J connectivity index is 1.79. The fourth-order valence-electron chi connectivity index (χ4n) is 2.61. The van der Waals surface area contributed by atoms with E-state index in [0.29, 0.717) is 12.2 Å². The van der Waals surface area contributed by atoms with Crippen molar-refractivity contribution in [2.24, 2.45) is 5.73 Å². The minimum absolute atomic E-state index is 0.0486. The lowest BCUT2D eigenvalue weighted by Crippen LogP contribution is -2.54. The molecule has 3 amide bonds. The molecule has 0 radical (unpaired) electrons. The Morgan fingerprint density at radius 1 is 1.28 bits per heavy atom. The van der Waals surface area contributed by atoms with Crippen LogP contribution >= 0.6 is 11.3 Å². The molecule has 0 spiro atoms. The van der Waals surface area contributed by atoms with Crippen LogP contribution in [0.3, 0.4) is 0 Å². The van der Waals surface area contributed by atoms with Gasteiger partial charge in [-0.25, -0.2) is 0 Å². The highest BCUT2D eigenvalue weighted by Gasteiger charge is 2.34. The second-order valence-electron chi connectivity index (χ2n) is 5.53. The molecule has 1 aromatic carbocycles. The third-order valence-electron chi connectivity index (χ3n) is 3.86. The molecule has 3 rings (SSSR count). The minimum atomic E-state index is -0.774. The molecule has 1 fully saturated rings. The molecule has 2 aromatic rings. The molecular weight excluding hydrogens is 342 g/mol. The van der Waals surface area contributed by atoms with Gasteiger partial charge in [0.1, 0.15) is 12.6 Å². The normalized spacial score (nSPS) is 17.4. The van der Waals surface area contributed by atoms with Crippen LogP contribution in [-0.2, 0) is 20.9 Å². The smallest absolute Gasteiger partial charge is 0.250 e. The van der Waals surface area contributed by atoms with E-state index in [2.05, 4.69) is 5.32 Å². The van der Waals surface area contributed by atoms with Gasteiger partial charge in [-0.2, -0.15) is 0 Å². The maximum atomic E-state index is 12.7. The Morgan fingerprint density at radius 2 is 2.08 bits per heavy atom. The van der Waals surface area contributed by atoms with Crippen molar-refractivity contribution < 1.29 is 19.1 Å². The maximum absolute atomic E-state index is 12.7. The Hall–Kier alpha value is -2.71. The third kappa shape index (κ3) is 3.86. The predicted octanol–water partition coefficient (Wildman–Crippen LogP) is 1.21. The molecular formula is C17H17N3O4S. The van der Waals surface area contributed by atoms with Gasteiger partial charge in [0, 0.05) is 4.88 Å². The van der Waals surface area contributed by atoms with Gasteiger partial charge in [-0.1, -0.05) is 18.2 Å². The van der Waals surface area contributed by atoms with E-state index < -0.39 is 17.9 Å². The molecule has 25 heavy (non-hydrogen) atoms. The highest BCUT2D eigenvalue weighted by molar-refractivity contribution is 7.09. The fraction of sp³-hybridized carbons (Fsp3) is 0.235. The molecule has 8 heteroatoms. The number of rotatable bonds is 5. The summed E-state index contributed by atoms with van der Waals surface area (Å²) < 4.78 is 5.24. The van der Waals surface area contributed by atoms with Crippen LogP contribution in [-0.4, -0.2) is 41.9 Å². The SMILES string of the molecule is NC(=O)c1ccccc1NC(=O)[C@H]1COCC(=O)N1Cc1cccs1. The van der Waals surface area contributed by atoms with Crippen LogP contribution < -0.4 is 11.1 Å². The largest absolute Gasteiger partial charge is 0.369 e. The minimum Gasteiger partial charge on any atom is -0.369 e. The zero-order valence-corrected chi connectivity index (χ0v) is 14.1. The van der Waals surface area contributed by atoms with Gasteiger partial charge in [0.05, 0.1) is 24.4 Å². The van der Waals surface area contributed by atoms with Gasteiger partial charge in [-0.15, -0.1) is 11.3 Å². The molecule has 130 valence electrons. The van der Waals surface area contributed by atoms with E-state index in [-0.39, 0.29) is 24.7 Å². The molecule has 3 N–H and O–H groups in total. The zero-order chi connectivity index (χ0) is 17.8. The molecule has 1 aliphatic heterocycles. The van der Waals surface area contributed by atoms with E-state index in [1.165, 1.54) is 22.3 Å². The number of thiophene rings is 1. The molecule has 2 heterocycles. The number of benzene rings is 1. The first-order chi connectivity index (χ1) is 12.1. The number of nitrogens with two attached hydrogens (primary N) is 1. The topological polar surface area (TPSA) is 102 Å². The highest BCUT2D eigenvalue weighted by Crippen LogP contribution is 2.20. The fourth-order valence-corrected chi connectivity index (χ4v) is 3.32. The summed E-state index contributed by atoms with van der Waals surface area (Å²) in [5.41, 5.74) is 5.86. The number of para-hydroxylation sites is 1. The average Bonchev–Trinajstić information content (AvgIpc) is 3.10. The van der Waals surface area contributed by atoms with Crippen LogP contribution in [0.15, 0.2) is 41.8 Å². The Morgan fingerprint density at radius 3 is 2.80 bits per heavy atom. The lowest BCUT2D eigenvalue weighted by Gasteiger charge is -2.34. The lowest BCUT2D eigenvalue weighted by atomic mass is 10.1. The number of amides is 3. The molecule has 7 nitrogen and oxygen atoms in total. The van der Waals surface area contributed by atoms with Crippen LogP contribution in [0.4, 0.5) is 5.69 Å². The number of ether oxygens (including phenoxy) is 1. The molecule has 0 bridgehead atoms. The van der Waals surface area contributed by atoms with E-state index in [9.17, 15) is 14.4 Å². The van der Waals surface area contributed by atoms with E-state index in [1.807, 2.05) is 17.5 Å². The van der Waals surface area contributed by atoms with Gasteiger partial charge in [0.15, 0.2) is 0 Å². The van der Waals surface area contributed by atoms with E-state index >= 15 is 0 Å². The van der Waals surface area contributed by atoms with Crippen LogP contribution in [0, 0.1) is 0 Å². The summed E-state index contributed by atoms with van der Waals surface area (Å²) in [5, 5.41) is 4.60. The van der Waals surface area contributed by atoms with Gasteiger partial charge in [0.25, 0.3) is 5.91 Å². The summed E-state index contributed by atoms with van der Waals surface area (Å²) >= 11 is 1.52. The van der Waals surface area contributed by atoms with Crippen LogP contribution in [0.5, 0.6) is 0 Å². The van der Waals surface area contributed by atoms with Gasteiger partial charge >= 0.3 is 0 Å². The van der Waals surface area contributed by atoms with Gasteiger partial charge < -0.3 is 20.7 Å². The number of nitrogens with zero attached hydrogens (tertiary/aromatic N) is 1. The molecule has 1 aromatic heterocycles. The van der Waals surface area contributed by atoms with Crippen molar-refractivity contribution in [1.29, 1.82) is 0 Å². The quantitative estimate of drug-likeness (QED) is 0.838. The van der Waals surface area contributed by atoms with E-state index in [1.54, 1.807) is 18.2 Å². The highest BCUT2D eigenvalue weighted by atomic mass is 32.1. The standard InChI is InChI=1S/C17H17N3O4S/c18-16(22)12-5-1-2-6-13(12)19-17(23)14-9-24-10-15(21)20(14)8-11-4-3-7-25-11/h1-7,14H,8-10H2,(H2,18,22)(H,19,23)/t14-/m1/s1. The van der Waals surface area contributed by atoms with Crippen molar-refractivity contribution in [3.8, 4) is 0 Å². The Bertz CT molecular complexity index is 791. The van der Waals surface area contributed by atoms with Gasteiger partial charge in [-0.3, -0.25) is 14.4 Å². The van der Waals surface area contributed by atoms with Crippen molar-refractivity contribution in [3.63, 3.8) is 0 Å². The van der Waals surface area contributed by atoms with E-state index in [0.717, 1.165) is 4.88 Å². The summed E-state index contributed by atoms with van der Waals surface area (Å²) in [6, 6.07) is 9.49. The monoisotopic (exact) mass is 359 g/mol. The van der Waals surface area contributed by atoms with Crippen molar-refractivity contribution >= 4 is 34.7 Å². The van der Waals surface area contributed by atoms with Crippen molar-refractivity contribution in [1.82, 2.24) is 4.90 Å². The van der Waals surface area contributed by atoms with Crippen LogP contribution in [0.1, 0.15) is 15.2 Å². The number of primary amides is 1. The lowest BCUT2D eigenvalue weighted by molar-refractivity contribution is -0.153. The molecule has 0 aliphatic carbocycles. The van der Waals surface area contributed by atoms with Gasteiger partial charge in [-0.05, 0) is 23.6 Å². The number of nitrogens with one attached hydrogen (secondary N) is 1. The van der Waals surface area contributed by atoms with Gasteiger partial charge in [0.2, 0.25) is 11.8 Å². The second kappa shape index (κ2) is 7.45. The summed E-state index contributed by atoms with van der Waals surface area (Å²) in [4.78, 5) is 38.9. The molecule has 0 unspecified atom stereocenters. The molecule has 1 aliphatic rings. The van der Waals surface area contributed by atoms with Crippen LogP contribution in [0.2, 0.25) is 0 Å². The summed E-state index contributed by atoms with van der Waals surface area (Å²) in [5.74, 6) is -1.30.